The van der Waals surface area contributed by atoms with Gasteiger partial charge in [0.25, 0.3) is 5.56 Å². The zero-order valence-electron chi connectivity index (χ0n) is 12.4. The van der Waals surface area contributed by atoms with E-state index in [0.29, 0.717) is 0 Å². The molecular formula is C13H16N4O5. The summed E-state index contributed by atoms with van der Waals surface area (Å²) in [6.07, 6.45) is 1.40. The van der Waals surface area contributed by atoms with Crippen LogP contribution in [-0.4, -0.2) is 35.5 Å². The van der Waals surface area contributed by atoms with Crippen LogP contribution in [0.3, 0.4) is 0 Å². The van der Waals surface area contributed by atoms with Gasteiger partial charge in [0.15, 0.2) is 16.9 Å². The number of aryl methyl sites for hydroxylation is 1. The first-order valence-corrected chi connectivity index (χ1v) is 6.70. The fourth-order valence-electron chi connectivity index (χ4n) is 2.13. The highest BCUT2D eigenvalue weighted by Crippen LogP contribution is 2.13. The van der Waals surface area contributed by atoms with E-state index in [1.54, 1.807) is 6.92 Å². The van der Waals surface area contributed by atoms with Gasteiger partial charge in [-0.1, -0.05) is 6.92 Å². The van der Waals surface area contributed by atoms with Crippen LogP contribution >= 0.6 is 0 Å². The maximum atomic E-state index is 12.5. The van der Waals surface area contributed by atoms with Crippen molar-refractivity contribution in [3.63, 3.8) is 0 Å². The topological polar surface area (TPSA) is 116 Å². The van der Waals surface area contributed by atoms with Gasteiger partial charge in [0, 0.05) is 13.5 Å². The monoisotopic (exact) mass is 308 g/mol. The van der Waals surface area contributed by atoms with Gasteiger partial charge in [-0.15, -0.1) is 0 Å². The van der Waals surface area contributed by atoms with Crippen molar-refractivity contribution in [3.8, 4) is 0 Å². The van der Waals surface area contributed by atoms with Gasteiger partial charge in [-0.3, -0.25) is 18.7 Å². The minimum atomic E-state index is -1.14. The molecule has 0 aliphatic carbocycles. The summed E-state index contributed by atoms with van der Waals surface area (Å²) in [4.78, 5) is 51.3. The number of carboxylic acid groups (broad SMARTS) is 1. The van der Waals surface area contributed by atoms with E-state index in [4.69, 9.17) is 5.11 Å². The van der Waals surface area contributed by atoms with Gasteiger partial charge in [0.1, 0.15) is 6.04 Å². The number of carbonyl (C=O) groups is 2. The quantitative estimate of drug-likeness (QED) is 0.797. The molecule has 0 amide bonds. The molecule has 0 aliphatic rings. The molecule has 22 heavy (non-hydrogen) atoms. The summed E-state index contributed by atoms with van der Waals surface area (Å²) >= 11 is 0. The molecule has 0 saturated heterocycles. The van der Waals surface area contributed by atoms with E-state index in [1.165, 1.54) is 24.9 Å². The molecule has 9 heteroatoms. The maximum absolute atomic E-state index is 12.5. The third kappa shape index (κ3) is 2.34. The molecule has 0 radical (unpaired) electrons. The van der Waals surface area contributed by atoms with Gasteiger partial charge in [-0.25, -0.2) is 14.6 Å². The Morgan fingerprint density at radius 3 is 2.55 bits per heavy atom. The molecule has 118 valence electrons. The zero-order chi connectivity index (χ0) is 16.6. The average molecular weight is 308 g/mol. The number of Topliss-reactive ketones (excluding diaryl/α,β-unsaturated/α-hetero) is 1. The second-order valence-electron chi connectivity index (χ2n) is 4.96. The molecule has 9 nitrogen and oxygen atoms in total. The molecule has 0 bridgehead atoms. The van der Waals surface area contributed by atoms with E-state index in [-0.39, 0.29) is 29.9 Å². The first-order valence-electron chi connectivity index (χ1n) is 6.70. The minimum absolute atomic E-state index is 0.0131. The van der Waals surface area contributed by atoms with Crippen LogP contribution < -0.4 is 11.2 Å². The lowest BCUT2D eigenvalue weighted by Crippen LogP contribution is -2.41. The van der Waals surface area contributed by atoms with E-state index in [9.17, 15) is 19.2 Å². The third-order valence-corrected chi connectivity index (χ3v) is 3.56. The van der Waals surface area contributed by atoms with Crippen molar-refractivity contribution in [2.45, 2.75) is 32.9 Å². The molecule has 1 N–H and O–H groups in total. The summed E-state index contributed by atoms with van der Waals surface area (Å²) in [5.74, 6) is -1.40. The Morgan fingerprint density at radius 1 is 1.36 bits per heavy atom. The number of nitrogens with zero attached hydrogens (tertiary/aromatic N) is 4. The normalized spacial score (nSPS) is 12.5. The fraction of sp³-hybridized carbons (Fsp3) is 0.462. The lowest BCUT2D eigenvalue weighted by molar-refractivity contribution is -0.140. The molecule has 2 aromatic rings. The highest BCUT2D eigenvalue weighted by Gasteiger charge is 2.22. The predicted octanol–water partition coefficient (Wildman–Crippen LogP) is -0.479. The van der Waals surface area contributed by atoms with Crippen LogP contribution in [0.2, 0.25) is 0 Å². The van der Waals surface area contributed by atoms with Gasteiger partial charge >= 0.3 is 11.7 Å². The Labute approximate surface area is 124 Å². The standard InChI is InChI=1S/C13H16N4O5/c1-4-8(18)5-16-11(19)9-10(15(3)13(16)22)14-6-17(9)7(2)12(20)21/h6-7H,4-5H2,1-3H3,(H,20,21). The molecule has 2 rings (SSSR count). The zero-order valence-corrected chi connectivity index (χ0v) is 12.4. The number of hydrogen-bond donors (Lipinski definition) is 1. The Bertz CT molecular complexity index is 873. The van der Waals surface area contributed by atoms with E-state index in [0.717, 1.165) is 9.13 Å². The summed E-state index contributed by atoms with van der Waals surface area (Å²) in [7, 11) is 1.42. The number of rotatable bonds is 5. The van der Waals surface area contributed by atoms with Crippen LogP contribution in [0.4, 0.5) is 0 Å². The van der Waals surface area contributed by atoms with Crippen molar-refractivity contribution in [2.75, 3.05) is 0 Å². The molecule has 1 atom stereocenters. The molecular weight excluding hydrogens is 292 g/mol. The maximum Gasteiger partial charge on any atom is 0.332 e. The molecule has 1 unspecified atom stereocenters. The third-order valence-electron chi connectivity index (χ3n) is 3.56. The smallest absolute Gasteiger partial charge is 0.332 e. The van der Waals surface area contributed by atoms with Gasteiger partial charge < -0.3 is 9.67 Å². The van der Waals surface area contributed by atoms with Crippen LogP contribution in [0, 0.1) is 0 Å². The summed E-state index contributed by atoms with van der Waals surface area (Å²) < 4.78 is 3.12. The van der Waals surface area contributed by atoms with E-state index in [1.807, 2.05) is 0 Å². The fourth-order valence-corrected chi connectivity index (χ4v) is 2.13. The van der Waals surface area contributed by atoms with Crippen LogP contribution in [0.25, 0.3) is 11.2 Å². The number of imidazole rings is 1. The van der Waals surface area contributed by atoms with Crippen molar-refractivity contribution >= 4 is 22.9 Å². The molecule has 2 aromatic heterocycles. The Balaban J connectivity index is 2.82. The number of aromatic nitrogens is 4. The number of aliphatic carboxylic acids is 1. The van der Waals surface area contributed by atoms with Crippen LogP contribution in [0.5, 0.6) is 0 Å². The first kappa shape index (κ1) is 15.7. The molecule has 0 saturated carbocycles. The minimum Gasteiger partial charge on any atom is -0.480 e. The van der Waals surface area contributed by atoms with E-state index < -0.39 is 23.3 Å². The highest BCUT2D eigenvalue weighted by molar-refractivity contribution is 5.79. The number of fused-ring (bicyclic) bond motifs is 1. The van der Waals surface area contributed by atoms with Gasteiger partial charge in [-0.2, -0.15) is 0 Å². The molecule has 0 spiro atoms. The second kappa shape index (κ2) is 5.58. The van der Waals surface area contributed by atoms with Crippen molar-refractivity contribution in [1.82, 2.24) is 18.7 Å². The Hall–Kier alpha value is -2.71. The molecule has 2 heterocycles. The number of carbonyl (C=O) groups excluding carboxylic acids is 1. The van der Waals surface area contributed by atoms with Gasteiger partial charge in [0.05, 0.1) is 12.9 Å². The summed E-state index contributed by atoms with van der Waals surface area (Å²) in [5.41, 5.74) is -1.30. The van der Waals surface area contributed by atoms with Crippen LogP contribution in [0.15, 0.2) is 15.9 Å². The van der Waals surface area contributed by atoms with Crippen LogP contribution in [-0.2, 0) is 23.2 Å². The molecule has 0 aliphatic heterocycles. The van der Waals surface area contributed by atoms with Crippen LogP contribution in [0.1, 0.15) is 26.3 Å². The van der Waals surface area contributed by atoms with Crippen molar-refractivity contribution in [3.05, 3.63) is 27.2 Å². The Morgan fingerprint density at radius 2 is 2.00 bits per heavy atom. The number of ketones is 1. The van der Waals surface area contributed by atoms with Crippen molar-refractivity contribution < 1.29 is 14.7 Å². The number of hydrogen-bond acceptors (Lipinski definition) is 5. The largest absolute Gasteiger partial charge is 0.480 e. The summed E-state index contributed by atoms with van der Waals surface area (Å²) in [5, 5.41) is 9.10. The van der Waals surface area contributed by atoms with Crippen molar-refractivity contribution in [1.29, 1.82) is 0 Å². The van der Waals surface area contributed by atoms with E-state index in [2.05, 4.69) is 4.98 Å². The lowest BCUT2D eigenvalue weighted by atomic mass is 10.3. The Kier molecular flexibility index (Phi) is 3.98. The molecule has 0 fully saturated rings. The van der Waals surface area contributed by atoms with Gasteiger partial charge in [-0.05, 0) is 6.92 Å². The SMILES string of the molecule is CCC(=O)Cn1c(=O)c2c(ncn2C(C)C(=O)O)n(C)c1=O. The summed E-state index contributed by atoms with van der Waals surface area (Å²) in [6, 6.07) is -1.02. The predicted molar refractivity (Wildman–Crippen MR) is 76.9 cm³/mol. The molecule has 0 aromatic carbocycles. The highest BCUT2D eigenvalue weighted by atomic mass is 16.4. The number of carboxylic acids is 1. The van der Waals surface area contributed by atoms with E-state index >= 15 is 0 Å². The lowest BCUT2D eigenvalue weighted by Gasteiger charge is -2.11. The van der Waals surface area contributed by atoms with Gasteiger partial charge in [0.2, 0.25) is 0 Å². The first-order chi connectivity index (χ1) is 10.3. The average Bonchev–Trinajstić information content (AvgIpc) is 2.93. The second-order valence-corrected chi connectivity index (χ2v) is 4.96. The van der Waals surface area contributed by atoms with Crippen molar-refractivity contribution in [2.24, 2.45) is 7.05 Å². The summed E-state index contributed by atoms with van der Waals surface area (Å²) in [6.45, 7) is 2.69.